The summed E-state index contributed by atoms with van der Waals surface area (Å²) in [4.78, 5) is 30.5. The summed E-state index contributed by atoms with van der Waals surface area (Å²) in [6.07, 6.45) is 1.72. The van der Waals surface area contributed by atoms with Crippen LogP contribution in [0.1, 0.15) is 30.1 Å². The number of rotatable bonds is 6. The molecule has 0 unspecified atom stereocenters. The van der Waals surface area contributed by atoms with E-state index in [9.17, 15) is 9.59 Å². The van der Waals surface area contributed by atoms with Gasteiger partial charge in [0.15, 0.2) is 5.82 Å². The number of piperidine rings is 1. The number of amides is 2. The quantitative estimate of drug-likeness (QED) is 0.806. The monoisotopic (exact) mass is 375 g/mol. The van der Waals surface area contributed by atoms with Gasteiger partial charge in [0.25, 0.3) is 0 Å². The summed E-state index contributed by atoms with van der Waals surface area (Å²) < 4.78 is 0. The summed E-state index contributed by atoms with van der Waals surface area (Å²) in [5.74, 6) is 1.12. The van der Waals surface area contributed by atoms with Crippen LogP contribution in [0.15, 0.2) is 24.3 Å². The molecule has 1 fully saturated rings. The van der Waals surface area contributed by atoms with Crippen LogP contribution in [0.3, 0.4) is 0 Å². The van der Waals surface area contributed by atoms with Gasteiger partial charge in [-0.15, -0.1) is 0 Å². The van der Waals surface area contributed by atoms with Crippen LogP contribution in [0.25, 0.3) is 0 Å². The number of hydrogen-bond donors (Lipinski definition) is 2. The molecule has 138 valence electrons. The van der Waals surface area contributed by atoms with Crippen LogP contribution in [0.4, 0.5) is 0 Å². The first-order chi connectivity index (χ1) is 12.5. The molecule has 1 atom stereocenters. The Morgan fingerprint density at radius 2 is 2.15 bits per heavy atom. The number of aromatic nitrogens is 3. The van der Waals surface area contributed by atoms with Crippen molar-refractivity contribution in [1.82, 2.24) is 25.4 Å². The Kier molecular flexibility index (Phi) is 5.88. The lowest BCUT2D eigenvalue weighted by atomic mass is 9.96. The highest BCUT2D eigenvalue weighted by molar-refractivity contribution is 6.30. The van der Waals surface area contributed by atoms with Crippen LogP contribution in [0.2, 0.25) is 5.02 Å². The van der Waals surface area contributed by atoms with Gasteiger partial charge in [-0.2, -0.15) is 5.10 Å². The summed E-state index contributed by atoms with van der Waals surface area (Å²) in [7, 11) is 0. The summed E-state index contributed by atoms with van der Waals surface area (Å²) in [5, 5.41) is 10.3. The van der Waals surface area contributed by atoms with Crippen LogP contribution >= 0.6 is 11.6 Å². The minimum atomic E-state index is -0.196. The molecule has 2 N–H and O–H groups in total. The van der Waals surface area contributed by atoms with Gasteiger partial charge in [-0.25, -0.2) is 4.98 Å². The van der Waals surface area contributed by atoms with Crippen LogP contribution in [-0.2, 0) is 22.6 Å². The molecular formula is C18H22ClN5O2. The van der Waals surface area contributed by atoms with Crippen molar-refractivity contribution >= 4 is 23.4 Å². The zero-order chi connectivity index (χ0) is 18.5. The van der Waals surface area contributed by atoms with Gasteiger partial charge in [-0.05, 0) is 37.5 Å². The van der Waals surface area contributed by atoms with Gasteiger partial charge >= 0.3 is 0 Å². The molecule has 0 bridgehead atoms. The number of hydrogen-bond acceptors (Lipinski definition) is 4. The summed E-state index contributed by atoms with van der Waals surface area (Å²) in [6.45, 7) is 3.15. The molecule has 0 aliphatic carbocycles. The molecule has 1 aliphatic rings. The average molecular weight is 376 g/mol. The van der Waals surface area contributed by atoms with Crippen molar-refractivity contribution in [2.24, 2.45) is 5.92 Å². The molecule has 7 nitrogen and oxygen atoms in total. The maximum Gasteiger partial charge on any atom is 0.225 e. The first-order valence-corrected chi connectivity index (χ1v) is 9.07. The van der Waals surface area contributed by atoms with Crippen LogP contribution in [0.5, 0.6) is 0 Å². The Labute approximate surface area is 157 Å². The molecule has 2 amide bonds. The van der Waals surface area contributed by atoms with E-state index in [1.165, 1.54) is 0 Å². The highest BCUT2D eigenvalue weighted by Crippen LogP contribution is 2.19. The highest BCUT2D eigenvalue weighted by atomic mass is 35.5. The Hall–Kier alpha value is -2.41. The third kappa shape index (κ3) is 4.82. The van der Waals surface area contributed by atoms with Gasteiger partial charge in [0.1, 0.15) is 5.82 Å². The van der Waals surface area contributed by atoms with E-state index in [1.54, 1.807) is 4.90 Å². The first kappa shape index (κ1) is 18.4. The topological polar surface area (TPSA) is 91.0 Å². The fraction of sp³-hybridized carbons (Fsp3) is 0.444. The largest absolute Gasteiger partial charge is 0.348 e. The number of nitrogens with one attached hydrogen (secondary N) is 2. The predicted octanol–water partition coefficient (Wildman–Crippen LogP) is 1.86. The maximum atomic E-state index is 12.4. The lowest BCUT2D eigenvalue weighted by Gasteiger charge is -2.32. The van der Waals surface area contributed by atoms with Gasteiger partial charge in [0, 0.05) is 24.5 Å². The van der Waals surface area contributed by atoms with Crippen molar-refractivity contribution in [2.75, 3.05) is 13.1 Å². The zero-order valence-electron chi connectivity index (χ0n) is 14.7. The number of aryl methyl sites for hydroxylation is 1. The van der Waals surface area contributed by atoms with Crippen LogP contribution < -0.4 is 5.32 Å². The molecule has 1 aromatic carbocycles. The van der Waals surface area contributed by atoms with Crippen molar-refractivity contribution in [3.8, 4) is 0 Å². The minimum absolute atomic E-state index is 0.0588. The molecular weight excluding hydrogens is 354 g/mol. The van der Waals surface area contributed by atoms with Crippen molar-refractivity contribution in [3.63, 3.8) is 0 Å². The molecule has 2 aromatic rings. The number of carbonyl (C=O) groups is 2. The number of benzene rings is 1. The number of carbonyl (C=O) groups excluding carboxylic acids is 2. The fourth-order valence-electron chi connectivity index (χ4n) is 3.04. The maximum absolute atomic E-state index is 12.4. The second-order valence-electron chi connectivity index (χ2n) is 6.51. The van der Waals surface area contributed by atoms with E-state index in [1.807, 2.05) is 31.2 Å². The van der Waals surface area contributed by atoms with Crippen LogP contribution in [-0.4, -0.2) is 45.0 Å². The second kappa shape index (κ2) is 8.31. The SMILES string of the molecule is Cc1nc(CNC(=O)[C@H]2CCC(=O)N(CCc3ccc(Cl)cc3)C2)n[nH]1. The van der Waals surface area contributed by atoms with E-state index in [-0.39, 0.29) is 17.7 Å². The standard InChI is InChI=1S/C18H22ClN5O2/c1-12-21-16(23-22-12)10-20-18(26)14-4-7-17(25)24(11-14)9-8-13-2-5-15(19)6-3-13/h2-3,5-6,14H,4,7-11H2,1H3,(H,20,26)(H,21,22,23)/t14-/m0/s1. The zero-order valence-corrected chi connectivity index (χ0v) is 15.4. The third-order valence-corrected chi connectivity index (χ3v) is 4.77. The van der Waals surface area contributed by atoms with Gasteiger partial charge in [0.05, 0.1) is 12.5 Å². The fourth-order valence-corrected chi connectivity index (χ4v) is 3.16. The third-order valence-electron chi connectivity index (χ3n) is 4.52. The van der Waals surface area contributed by atoms with Gasteiger partial charge < -0.3 is 10.2 Å². The van der Waals surface area contributed by atoms with E-state index in [0.717, 1.165) is 12.0 Å². The van der Waals surface area contributed by atoms with E-state index in [4.69, 9.17) is 11.6 Å². The Bertz CT molecular complexity index is 774. The predicted molar refractivity (Wildman–Crippen MR) is 97.4 cm³/mol. The summed E-state index contributed by atoms with van der Waals surface area (Å²) >= 11 is 5.89. The number of likely N-dealkylation sites (tertiary alicyclic amines) is 1. The molecule has 26 heavy (non-hydrogen) atoms. The smallest absolute Gasteiger partial charge is 0.225 e. The number of aromatic amines is 1. The number of nitrogens with zero attached hydrogens (tertiary/aromatic N) is 3. The molecule has 8 heteroatoms. The normalized spacial score (nSPS) is 17.4. The van der Waals surface area contributed by atoms with E-state index < -0.39 is 0 Å². The van der Waals surface area contributed by atoms with Crippen molar-refractivity contribution in [1.29, 1.82) is 0 Å². The molecule has 3 rings (SSSR count). The second-order valence-corrected chi connectivity index (χ2v) is 6.94. The van der Waals surface area contributed by atoms with Crippen LogP contribution in [0, 0.1) is 12.8 Å². The summed E-state index contributed by atoms with van der Waals surface area (Å²) in [6, 6.07) is 7.60. The average Bonchev–Trinajstić information content (AvgIpc) is 3.05. The molecule has 0 saturated carbocycles. The van der Waals surface area contributed by atoms with E-state index >= 15 is 0 Å². The van der Waals surface area contributed by atoms with Crippen molar-refractivity contribution < 1.29 is 9.59 Å². The van der Waals surface area contributed by atoms with Crippen molar-refractivity contribution in [3.05, 3.63) is 46.5 Å². The molecule has 1 aliphatic heterocycles. The van der Waals surface area contributed by atoms with Gasteiger partial charge in [0.2, 0.25) is 11.8 Å². The Morgan fingerprint density at radius 3 is 2.85 bits per heavy atom. The first-order valence-electron chi connectivity index (χ1n) is 8.69. The molecule has 0 spiro atoms. The highest BCUT2D eigenvalue weighted by Gasteiger charge is 2.29. The molecule has 1 aromatic heterocycles. The van der Waals surface area contributed by atoms with E-state index in [2.05, 4.69) is 20.5 Å². The number of H-pyrrole nitrogens is 1. The summed E-state index contributed by atoms with van der Waals surface area (Å²) in [5.41, 5.74) is 1.12. The van der Waals surface area contributed by atoms with E-state index in [0.29, 0.717) is 49.1 Å². The minimum Gasteiger partial charge on any atom is -0.348 e. The number of halogens is 1. The lowest BCUT2D eigenvalue weighted by Crippen LogP contribution is -2.46. The molecule has 2 heterocycles. The van der Waals surface area contributed by atoms with Gasteiger partial charge in [-0.3, -0.25) is 14.7 Å². The van der Waals surface area contributed by atoms with Gasteiger partial charge in [-0.1, -0.05) is 23.7 Å². The molecule has 1 saturated heterocycles. The lowest BCUT2D eigenvalue weighted by molar-refractivity contribution is -0.138. The van der Waals surface area contributed by atoms with Crippen molar-refractivity contribution in [2.45, 2.75) is 32.7 Å². The Morgan fingerprint density at radius 1 is 1.38 bits per heavy atom. The molecule has 0 radical (unpaired) electrons. The Balaban J connectivity index is 1.50.